The summed E-state index contributed by atoms with van der Waals surface area (Å²) in [5.74, 6) is 0.624. The number of aryl methyl sites for hydroxylation is 1. The average Bonchev–Trinajstić information content (AvgIpc) is 2.62. The molecule has 0 heterocycles. The van der Waals surface area contributed by atoms with Crippen LogP contribution in [0.25, 0.3) is 0 Å². The van der Waals surface area contributed by atoms with Gasteiger partial charge in [-0.1, -0.05) is 57.6 Å². The largest absolute Gasteiger partial charge is 1.00 e. The first kappa shape index (κ1) is 25.0. The molecule has 1 N–H and O–H groups in total. The zero-order valence-electron chi connectivity index (χ0n) is 16.7. The molecule has 0 saturated heterocycles. The second kappa shape index (κ2) is 12.5. The van der Waals surface area contributed by atoms with E-state index in [9.17, 15) is 18.1 Å². The van der Waals surface area contributed by atoms with E-state index in [1.54, 1.807) is 6.07 Å². The van der Waals surface area contributed by atoms with E-state index >= 15 is 0 Å². The molecule has 2 aromatic rings. The minimum Gasteiger partial charge on any atom is -0.872 e. The predicted octanol–water partition coefficient (Wildman–Crippen LogP) is 2.10. The fourth-order valence-electron chi connectivity index (χ4n) is 2.91. The van der Waals surface area contributed by atoms with Gasteiger partial charge in [0.05, 0.1) is 4.90 Å². The smallest absolute Gasteiger partial charge is 0.872 e. The summed E-state index contributed by atoms with van der Waals surface area (Å²) in [6.45, 7) is 2.19. The number of ether oxygens (including phenoxy) is 1. The third-order valence-corrected chi connectivity index (χ3v) is 5.20. The van der Waals surface area contributed by atoms with Crippen molar-refractivity contribution in [3.8, 4) is 17.2 Å². The maximum atomic E-state index is 11.6. The molecule has 0 fully saturated rings. The molecule has 0 aliphatic rings. The molecule has 5 nitrogen and oxygen atoms in total. The molecule has 148 valence electrons. The van der Waals surface area contributed by atoms with E-state index in [0.717, 1.165) is 18.4 Å². The molecule has 2 aromatic carbocycles. The maximum Gasteiger partial charge on any atom is 1.00 e. The van der Waals surface area contributed by atoms with Crippen molar-refractivity contribution >= 4 is 10.1 Å². The van der Waals surface area contributed by atoms with Crippen LogP contribution in [0.5, 0.6) is 17.2 Å². The Hall–Kier alpha value is -1.05. The van der Waals surface area contributed by atoms with Gasteiger partial charge in [0, 0.05) is 6.07 Å². The van der Waals surface area contributed by atoms with Crippen molar-refractivity contribution < 1.29 is 52.4 Å². The Balaban J connectivity index is 0.00000392. The maximum absolute atomic E-state index is 11.6. The SMILES string of the molecule is CCCCCCCCCc1cc(Oc2ccc([O-])cc2)cc(S(=O)(=O)O)c1.[Na+]. The standard InChI is InChI=1S/C21H28O5S.Na/c1-2-3-4-5-6-7-8-9-17-14-20(16-21(15-17)27(23,24)25)26-19-12-10-18(22)11-13-19;/h10-16,22H,2-9H2,1H3,(H,23,24,25);/q;+1/p-1. The van der Waals surface area contributed by atoms with Gasteiger partial charge in [-0.25, -0.2) is 0 Å². The average molecular weight is 414 g/mol. The second-order valence-corrected chi connectivity index (χ2v) is 8.15. The normalized spacial score (nSPS) is 11.1. The zero-order chi connectivity index (χ0) is 19.7. The first-order valence-electron chi connectivity index (χ1n) is 9.45. The van der Waals surface area contributed by atoms with Crippen LogP contribution < -0.4 is 39.4 Å². The summed E-state index contributed by atoms with van der Waals surface area (Å²) in [6, 6.07) is 10.4. The van der Waals surface area contributed by atoms with Crippen molar-refractivity contribution in [3.63, 3.8) is 0 Å². The quantitative estimate of drug-likeness (QED) is 0.346. The number of unbranched alkanes of at least 4 members (excludes halogenated alkanes) is 6. The molecule has 0 radical (unpaired) electrons. The van der Waals surface area contributed by atoms with Gasteiger partial charge in [0.1, 0.15) is 11.5 Å². The van der Waals surface area contributed by atoms with Crippen LogP contribution in [-0.2, 0) is 16.5 Å². The Morgan fingerprint density at radius 3 is 2.11 bits per heavy atom. The van der Waals surface area contributed by atoms with E-state index in [1.165, 1.54) is 68.5 Å². The minimum absolute atomic E-state index is 0. The Bertz CT molecular complexity index is 819. The fraction of sp³-hybridized carbons (Fsp3) is 0.429. The third-order valence-electron chi connectivity index (χ3n) is 4.37. The van der Waals surface area contributed by atoms with Crippen LogP contribution in [0, 0.1) is 0 Å². The summed E-state index contributed by atoms with van der Waals surface area (Å²) in [5.41, 5.74) is 0.800. The van der Waals surface area contributed by atoms with Gasteiger partial charge >= 0.3 is 29.6 Å². The Morgan fingerprint density at radius 1 is 0.893 bits per heavy atom. The summed E-state index contributed by atoms with van der Waals surface area (Å²) in [7, 11) is -4.32. The van der Waals surface area contributed by atoms with E-state index < -0.39 is 10.1 Å². The molecular weight excluding hydrogens is 387 g/mol. The molecule has 2 rings (SSSR count). The molecule has 0 spiro atoms. The molecule has 0 aliphatic heterocycles. The summed E-state index contributed by atoms with van der Waals surface area (Å²) in [5, 5.41) is 11.2. The number of hydrogen-bond acceptors (Lipinski definition) is 4. The van der Waals surface area contributed by atoms with Crippen molar-refractivity contribution in [2.24, 2.45) is 0 Å². The van der Waals surface area contributed by atoms with Crippen LogP contribution in [0.1, 0.15) is 57.4 Å². The van der Waals surface area contributed by atoms with Crippen LogP contribution >= 0.6 is 0 Å². The van der Waals surface area contributed by atoms with Crippen LogP contribution in [0.2, 0.25) is 0 Å². The molecule has 0 atom stereocenters. The topological polar surface area (TPSA) is 86.7 Å². The van der Waals surface area contributed by atoms with Crippen molar-refractivity contribution in [2.45, 2.75) is 63.2 Å². The van der Waals surface area contributed by atoms with Crippen LogP contribution in [-0.4, -0.2) is 13.0 Å². The van der Waals surface area contributed by atoms with Crippen LogP contribution in [0.4, 0.5) is 0 Å². The summed E-state index contributed by atoms with van der Waals surface area (Å²) >= 11 is 0. The third kappa shape index (κ3) is 8.97. The van der Waals surface area contributed by atoms with Gasteiger partial charge in [-0.05, 0) is 42.7 Å². The fourth-order valence-corrected chi connectivity index (χ4v) is 3.48. The van der Waals surface area contributed by atoms with Crippen molar-refractivity contribution in [3.05, 3.63) is 48.0 Å². The van der Waals surface area contributed by atoms with Gasteiger partial charge < -0.3 is 9.84 Å². The molecule has 0 aromatic heterocycles. The molecular formula is C21H27NaO5S. The van der Waals surface area contributed by atoms with E-state index in [-0.39, 0.29) is 40.2 Å². The monoisotopic (exact) mass is 414 g/mol. The predicted molar refractivity (Wildman–Crippen MR) is 104 cm³/mol. The molecule has 28 heavy (non-hydrogen) atoms. The first-order valence-corrected chi connectivity index (χ1v) is 10.9. The first-order chi connectivity index (χ1) is 12.9. The summed E-state index contributed by atoms with van der Waals surface area (Å²) in [4.78, 5) is -0.182. The van der Waals surface area contributed by atoms with E-state index in [1.807, 2.05) is 0 Å². The van der Waals surface area contributed by atoms with Gasteiger partial charge in [0.2, 0.25) is 0 Å². The van der Waals surface area contributed by atoms with Gasteiger partial charge in [-0.3, -0.25) is 4.55 Å². The second-order valence-electron chi connectivity index (χ2n) is 6.73. The van der Waals surface area contributed by atoms with Crippen LogP contribution in [0.15, 0.2) is 47.4 Å². The number of benzene rings is 2. The zero-order valence-corrected chi connectivity index (χ0v) is 19.5. The molecule has 7 heteroatoms. The van der Waals surface area contributed by atoms with E-state index in [4.69, 9.17) is 4.74 Å². The Morgan fingerprint density at radius 2 is 1.50 bits per heavy atom. The van der Waals surface area contributed by atoms with Gasteiger partial charge in [0.15, 0.2) is 0 Å². The molecule has 0 saturated carbocycles. The summed E-state index contributed by atoms with van der Waals surface area (Å²) < 4.78 is 38.2. The molecule has 0 bridgehead atoms. The molecule has 0 amide bonds. The van der Waals surface area contributed by atoms with Gasteiger partial charge in [0.25, 0.3) is 10.1 Å². The van der Waals surface area contributed by atoms with Gasteiger partial charge in [-0.15, -0.1) is 5.75 Å². The van der Waals surface area contributed by atoms with Crippen molar-refractivity contribution in [1.82, 2.24) is 0 Å². The Labute approximate surface area is 190 Å². The van der Waals surface area contributed by atoms with E-state index in [0.29, 0.717) is 17.9 Å². The van der Waals surface area contributed by atoms with Crippen molar-refractivity contribution in [2.75, 3.05) is 0 Å². The van der Waals surface area contributed by atoms with Gasteiger partial charge in [-0.2, -0.15) is 8.42 Å². The van der Waals surface area contributed by atoms with Crippen molar-refractivity contribution in [1.29, 1.82) is 0 Å². The minimum atomic E-state index is -4.32. The Kier molecular flexibility index (Phi) is 11.2. The number of hydrogen-bond donors (Lipinski definition) is 1. The van der Waals surface area contributed by atoms with E-state index in [2.05, 4.69) is 6.92 Å². The molecule has 0 aliphatic carbocycles. The summed E-state index contributed by atoms with van der Waals surface area (Å²) in [6.07, 6.45) is 8.90. The van der Waals surface area contributed by atoms with Crippen LogP contribution in [0.3, 0.4) is 0 Å². The molecule has 0 unspecified atom stereocenters. The number of rotatable bonds is 11.